The minimum atomic E-state index is 0.639. The van der Waals surface area contributed by atoms with Gasteiger partial charge in [0.15, 0.2) is 17.5 Å². The summed E-state index contributed by atoms with van der Waals surface area (Å²) in [5.41, 5.74) is 8.59. The molecule has 238 valence electrons. The van der Waals surface area contributed by atoms with Crippen molar-refractivity contribution in [1.82, 2.24) is 19.5 Å². The summed E-state index contributed by atoms with van der Waals surface area (Å²) in [5.74, 6) is 1.93. The third-order valence-electron chi connectivity index (χ3n) is 9.78. The van der Waals surface area contributed by atoms with Crippen molar-refractivity contribution in [3.63, 3.8) is 0 Å². The first-order valence-corrected chi connectivity index (χ1v) is 17.2. The highest BCUT2D eigenvalue weighted by Crippen LogP contribution is 2.36. The fraction of sp³-hybridized carbons (Fsp3) is 0. The van der Waals surface area contributed by atoms with E-state index in [-0.39, 0.29) is 0 Å². The van der Waals surface area contributed by atoms with E-state index in [2.05, 4.69) is 150 Å². The molecule has 0 amide bonds. The van der Waals surface area contributed by atoms with E-state index in [1.807, 2.05) is 36.4 Å². The van der Waals surface area contributed by atoms with E-state index >= 15 is 0 Å². The van der Waals surface area contributed by atoms with Crippen LogP contribution < -0.4 is 0 Å². The van der Waals surface area contributed by atoms with Crippen molar-refractivity contribution in [2.75, 3.05) is 0 Å². The van der Waals surface area contributed by atoms with E-state index in [0.29, 0.717) is 17.5 Å². The van der Waals surface area contributed by atoms with Crippen LogP contribution in [0, 0.1) is 0 Å². The normalized spacial score (nSPS) is 11.5. The Bertz CT molecular complexity index is 2910. The second-order valence-electron chi connectivity index (χ2n) is 12.9. The Kier molecular flexibility index (Phi) is 6.78. The minimum absolute atomic E-state index is 0.639. The summed E-state index contributed by atoms with van der Waals surface area (Å²) in [6, 6.07) is 64.1. The number of rotatable bonds is 5. The number of hydrogen-bond donors (Lipinski definition) is 0. The first-order valence-electron chi connectivity index (χ1n) is 17.2. The first-order chi connectivity index (χ1) is 25.2. The van der Waals surface area contributed by atoms with Crippen LogP contribution in [-0.2, 0) is 0 Å². The maximum absolute atomic E-state index is 5.10. The summed E-state index contributed by atoms with van der Waals surface area (Å²) in [6.45, 7) is 0. The van der Waals surface area contributed by atoms with Gasteiger partial charge in [0.05, 0.1) is 11.0 Å². The van der Waals surface area contributed by atoms with E-state index in [4.69, 9.17) is 15.0 Å². The summed E-state index contributed by atoms with van der Waals surface area (Å²) < 4.78 is 2.39. The third kappa shape index (κ3) is 5.13. The van der Waals surface area contributed by atoms with Gasteiger partial charge in [0.1, 0.15) is 0 Å². The van der Waals surface area contributed by atoms with Crippen LogP contribution in [0.5, 0.6) is 0 Å². The molecule has 8 aromatic carbocycles. The van der Waals surface area contributed by atoms with Crippen molar-refractivity contribution >= 4 is 43.4 Å². The molecule has 0 aliphatic rings. The molecule has 4 nitrogen and oxygen atoms in total. The lowest BCUT2D eigenvalue weighted by Gasteiger charge is -2.12. The van der Waals surface area contributed by atoms with Gasteiger partial charge in [0.25, 0.3) is 0 Å². The molecule has 0 atom stereocenters. The molecule has 0 N–H and O–H groups in total. The van der Waals surface area contributed by atoms with Crippen LogP contribution >= 0.6 is 0 Å². The molecule has 0 radical (unpaired) electrons. The molecule has 0 saturated heterocycles. The number of hydrogen-bond acceptors (Lipinski definition) is 3. The lowest BCUT2D eigenvalue weighted by Crippen LogP contribution is -2.00. The fourth-order valence-corrected chi connectivity index (χ4v) is 7.26. The summed E-state index contributed by atoms with van der Waals surface area (Å²) in [6.07, 6.45) is 0. The zero-order chi connectivity index (χ0) is 33.7. The van der Waals surface area contributed by atoms with E-state index in [1.54, 1.807) is 0 Å². The number of benzene rings is 8. The topological polar surface area (TPSA) is 43.6 Å². The highest BCUT2D eigenvalue weighted by atomic mass is 15.0. The van der Waals surface area contributed by atoms with E-state index in [1.165, 1.54) is 32.6 Å². The van der Waals surface area contributed by atoms with Crippen molar-refractivity contribution in [2.24, 2.45) is 0 Å². The molecule has 10 aromatic rings. The highest BCUT2D eigenvalue weighted by Gasteiger charge is 2.16. The van der Waals surface area contributed by atoms with Gasteiger partial charge >= 0.3 is 0 Å². The lowest BCUT2D eigenvalue weighted by molar-refractivity contribution is 1.07. The average molecular weight is 651 g/mol. The van der Waals surface area contributed by atoms with Crippen LogP contribution in [-0.4, -0.2) is 19.5 Å². The standard InChI is InChI=1S/C47H30N4/c1-3-12-31(13-4-1)34-18-11-19-37(26-34)46-48-45(33-14-5-2-6-15-33)49-47(50-46)38-23-22-32-24-25-40(28-39(32)27-38)51-43-21-10-9-20-41(43)42-29-35-16-7-8-17-36(35)30-44(42)51/h1-30H. The largest absolute Gasteiger partial charge is 0.309 e. The molecule has 0 unspecified atom stereocenters. The first kappa shape index (κ1) is 29.0. The Labute approximate surface area is 295 Å². The van der Waals surface area contributed by atoms with Crippen molar-refractivity contribution in [2.45, 2.75) is 0 Å². The Morgan fingerprint density at radius 3 is 1.67 bits per heavy atom. The van der Waals surface area contributed by atoms with Gasteiger partial charge in [-0.3, -0.25) is 0 Å². The third-order valence-corrected chi connectivity index (χ3v) is 9.78. The lowest BCUT2D eigenvalue weighted by atomic mass is 10.0. The minimum Gasteiger partial charge on any atom is -0.309 e. The van der Waals surface area contributed by atoms with Gasteiger partial charge < -0.3 is 4.57 Å². The monoisotopic (exact) mass is 650 g/mol. The molecule has 51 heavy (non-hydrogen) atoms. The number of nitrogens with zero attached hydrogens (tertiary/aromatic N) is 4. The molecule has 2 aromatic heterocycles. The van der Waals surface area contributed by atoms with Crippen LogP contribution in [0.3, 0.4) is 0 Å². The highest BCUT2D eigenvalue weighted by molar-refractivity contribution is 6.13. The molecule has 4 heteroatoms. The maximum Gasteiger partial charge on any atom is 0.164 e. The summed E-state index contributed by atoms with van der Waals surface area (Å²) in [4.78, 5) is 15.1. The van der Waals surface area contributed by atoms with Crippen LogP contribution in [0.15, 0.2) is 182 Å². The van der Waals surface area contributed by atoms with Crippen molar-refractivity contribution in [3.8, 4) is 51.0 Å². The van der Waals surface area contributed by atoms with E-state index in [9.17, 15) is 0 Å². The quantitative estimate of drug-likeness (QED) is 0.186. The van der Waals surface area contributed by atoms with Gasteiger partial charge in [0, 0.05) is 33.2 Å². The molecular weight excluding hydrogens is 621 g/mol. The van der Waals surface area contributed by atoms with Crippen LogP contribution in [0.25, 0.3) is 94.3 Å². The summed E-state index contributed by atoms with van der Waals surface area (Å²) in [5, 5.41) is 7.24. The van der Waals surface area contributed by atoms with E-state index in [0.717, 1.165) is 44.3 Å². The van der Waals surface area contributed by atoms with Crippen molar-refractivity contribution < 1.29 is 0 Å². The molecule has 0 fully saturated rings. The Morgan fingerprint density at radius 1 is 0.294 bits per heavy atom. The summed E-state index contributed by atoms with van der Waals surface area (Å²) >= 11 is 0. The zero-order valence-corrected chi connectivity index (χ0v) is 27.6. The van der Waals surface area contributed by atoms with Gasteiger partial charge in [-0.1, -0.05) is 140 Å². The number of fused-ring (bicyclic) bond motifs is 5. The van der Waals surface area contributed by atoms with Crippen LogP contribution in [0.4, 0.5) is 0 Å². The smallest absolute Gasteiger partial charge is 0.164 e. The molecule has 0 aliphatic heterocycles. The van der Waals surface area contributed by atoms with Gasteiger partial charge in [-0.25, -0.2) is 15.0 Å². The molecule has 0 spiro atoms. The average Bonchev–Trinajstić information content (AvgIpc) is 3.53. The maximum atomic E-state index is 5.10. The Balaban J connectivity index is 1.14. The number of aromatic nitrogens is 4. The van der Waals surface area contributed by atoms with E-state index < -0.39 is 0 Å². The second-order valence-corrected chi connectivity index (χ2v) is 12.9. The van der Waals surface area contributed by atoms with Crippen molar-refractivity contribution in [1.29, 1.82) is 0 Å². The van der Waals surface area contributed by atoms with Crippen LogP contribution in [0.2, 0.25) is 0 Å². The SMILES string of the molecule is c1ccc(-c2cccc(-c3nc(-c4ccccc4)nc(-c4ccc5ccc(-n6c7ccccc7c7cc8ccccc8cc76)cc5c4)n3)c2)cc1. The Morgan fingerprint density at radius 2 is 0.882 bits per heavy atom. The number of para-hydroxylation sites is 1. The van der Waals surface area contributed by atoms with Gasteiger partial charge in [-0.15, -0.1) is 0 Å². The van der Waals surface area contributed by atoms with Gasteiger partial charge in [-0.2, -0.15) is 0 Å². The van der Waals surface area contributed by atoms with Crippen molar-refractivity contribution in [3.05, 3.63) is 182 Å². The predicted octanol–water partition coefficient (Wildman–Crippen LogP) is 11.9. The molecule has 10 rings (SSSR count). The molecule has 2 heterocycles. The Hall–Kier alpha value is -6.91. The van der Waals surface area contributed by atoms with Gasteiger partial charge in [-0.05, 0) is 75.1 Å². The van der Waals surface area contributed by atoms with Crippen LogP contribution in [0.1, 0.15) is 0 Å². The molecule has 0 saturated carbocycles. The second kappa shape index (κ2) is 11.9. The predicted molar refractivity (Wildman–Crippen MR) is 211 cm³/mol. The summed E-state index contributed by atoms with van der Waals surface area (Å²) in [7, 11) is 0. The molecular formula is C47H30N4. The molecule has 0 aliphatic carbocycles. The zero-order valence-electron chi connectivity index (χ0n) is 27.6. The fourth-order valence-electron chi connectivity index (χ4n) is 7.26. The van der Waals surface area contributed by atoms with Gasteiger partial charge in [0.2, 0.25) is 0 Å². The molecule has 0 bridgehead atoms.